The molecule has 1 N–H and O–H groups in total. The molecule has 0 heterocycles. The normalized spacial score (nSPS) is 12.9. The molecule has 0 saturated carbocycles. The first-order chi connectivity index (χ1) is 7.74. The van der Waals surface area contributed by atoms with Gasteiger partial charge in [0.15, 0.2) is 0 Å². The molecule has 2 rings (SSSR count). The number of hydrogen-bond acceptors (Lipinski definition) is 1. The van der Waals surface area contributed by atoms with Crippen molar-refractivity contribution in [3.63, 3.8) is 0 Å². The van der Waals surface area contributed by atoms with Gasteiger partial charge in [-0.1, -0.05) is 43.7 Å². The molecule has 0 unspecified atom stereocenters. The molecule has 0 aliphatic carbocycles. The summed E-state index contributed by atoms with van der Waals surface area (Å²) in [5, 5.41) is 11.4. The van der Waals surface area contributed by atoms with E-state index in [9.17, 15) is 9.50 Å². The highest BCUT2D eigenvalue weighted by Gasteiger charge is 2.11. The van der Waals surface area contributed by atoms with Crippen molar-refractivity contribution in [3.05, 3.63) is 47.8 Å². The van der Waals surface area contributed by atoms with Gasteiger partial charge < -0.3 is 5.11 Å². The monoisotopic (exact) mass is 218 g/mol. The molecule has 0 bridgehead atoms. The van der Waals surface area contributed by atoms with Gasteiger partial charge in [-0.3, -0.25) is 0 Å². The summed E-state index contributed by atoms with van der Waals surface area (Å²) in [5.74, 6) is -0.233. The quantitative estimate of drug-likeness (QED) is 0.830. The van der Waals surface area contributed by atoms with Gasteiger partial charge in [-0.05, 0) is 23.4 Å². The van der Waals surface area contributed by atoms with E-state index in [0.717, 1.165) is 17.4 Å². The molecule has 0 spiro atoms. The van der Waals surface area contributed by atoms with Gasteiger partial charge in [0.1, 0.15) is 5.82 Å². The molecule has 84 valence electrons. The van der Waals surface area contributed by atoms with E-state index in [1.165, 1.54) is 6.07 Å². The van der Waals surface area contributed by atoms with Crippen LogP contribution in [0.3, 0.4) is 0 Å². The number of fused-ring (bicyclic) bond motifs is 1. The third kappa shape index (κ3) is 1.93. The van der Waals surface area contributed by atoms with E-state index < -0.39 is 6.10 Å². The van der Waals surface area contributed by atoms with Crippen molar-refractivity contribution in [2.75, 3.05) is 0 Å². The zero-order valence-corrected chi connectivity index (χ0v) is 9.28. The van der Waals surface area contributed by atoms with Crippen LogP contribution in [0.4, 0.5) is 4.39 Å². The Morgan fingerprint density at radius 2 is 1.81 bits per heavy atom. The maximum absolute atomic E-state index is 13.5. The lowest BCUT2D eigenvalue weighted by Gasteiger charge is -2.13. The van der Waals surface area contributed by atoms with E-state index >= 15 is 0 Å². The predicted octanol–water partition coefficient (Wildman–Crippen LogP) is 3.81. The maximum atomic E-state index is 13.5. The lowest BCUT2D eigenvalue weighted by molar-refractivity contribution is 0.168. The van der Waals surface area contributed by atoms with Crippen molar-refractivity contribution in [3.8, 4) is 0 Å². The van der Waals surface area contributed by atoms with Crippen LogP contribution in [-0.4, -0.2) is 5.11 Å². The van der Waals surface area contributed by atoms with Crippen LogP contribution in [-0.2, 0) is 0 Å². The molecule has 0 aliphatic rings. The fourth-order valence-corrected chi connectivity index (χ4v) is 2.01. The molecule has 0 radical (unpaired) electrons. The average molecular weight is 218 g/mol. The highest BCUT2D eigenvalue weighted by atomic mass is 19.1. The fourth-order valence-electron chi connectivity index (χ4n) is 2.01. The SMILES string of the molecule is CCC[C@H](O)c1ccc(F)c2ccccc12. The Kier molecular flexibility index (Phi) is 3.20. The van der Waals surface area contributed by atoms with Gasteiger partial charge in [0, 0.05) is 5.39 Å². The molecule has 0 amide bonds. The molecule has 0 fully saturated rings. The Bertz CT molecular complexity index is 493. The largest absolute Gasteiger partial charge is 0.388 e. The predicted molar refractivity (Wildman–Crippen MR) is 63.8 cm³/mol. The first kappa shape index (κ1) is 11.1. The minimum atomic E-state index is -0.504. The van der Waals surface area contributed by atoms with Crippen LogP contribution in [0.25, 0.3) is 10.8 Å². The third-order valence-corrected chi connectivity index (χ3v) is 2.83. The van der Waals surface area contributed by atoms with E-state index in [-0.39, 0.29) is 5.82 Å². The summed E-state index contributed by atoms with van der Waals surface area (Å²) in [6.07, 6.45) is 1.11. The summed E-state index contributed by atoms with van der Waals surface area (Å²) in [7, 11) is 0. The Morgan fingerprint density at radius 3 is 2.50 bits per heavy atom. The Balaban J connectivity index is 2.58. The van der Waals surface area contributed by atoms with Crippen molar-refractivity contribution in [1.29, 1.82) is 0 Å². The van der Waals surface area contributed by atoms with Gasteiger partial charge in [-0.2, -0.15) is 0 Å². The molecule has 1 atom stereocenters. The second-order valence-corrected chi connectivity index (χ2v) is 3.99. The van der Waals surface area contributed by atoms with Gasteiger partial charge in [0.05, 0.1) is 6.10 Å². The number of rotatable bonds is 3. The Labute approximate surface area is 94.5 Å². The topological polar surface area (TPSA) is 20.2 Å². The summed E-state index contributed by atoms with van der Waals surface area (Å²) in [6, 6.07) is 10.4. The van der Waals surface area contributed by atoms with Crippen LogP contribution in [0.5, 0.6) is 0 Å². The van der Waals surface area contributed by atoms with E-state index in [1.807, 2.05) is 19.1 Å². The summed E-state index contributed by atoms with van der Waals surface area (Å²) in [4.78, 5) is 0. The standard InChI is InChI=1S/C14H15FO/c1-2-5-14(16)12-8-9-13(15)11-7-4-3-6-10(11)12/h3-4,6-9,14,16H,2,5H2,1H3/t14-/m0/s1. The molecule has 1 nitrogen and oxygen atoms in total. The number of hydrogen-bond donors (Lipinski definition) is 1. The molecular formula is C14H15FO. The van der Waals surface area contributed by atoms with Gasteiger partial charge in [0.25, 0.3) is 0 Å². The van der Waals surface area contributed by atoms with Gasteiger partial charge in [-0.25, -0.2) is 4.39 Å². The van der Waals surface area contributed by atoms with Gasteiger partial charge in [-0.15, -0.1) is 0 Å². The van der Waals surface area contributed by atoms with E-state index in [1.54, 1.807) is 18.2 Å². The molecule has 0 aromatic heterocycles. The number of halogens is 1. The van der Waals surface area contributed by atoms with Crippen molar-refractivity contribution in [2.45, 2.75) is 25.9 Å². The van der Waals surface area contributed by atoms with Crippen molar-refractivity contribution >= 4 is 10.8 Å². The molecule has 0 aliphatic heterocycles. The number of aliphatic hydroxyl groups excluding tert-OH is 1. The second-order valence-electron chi connectivity index (χ2n) is 3.99. The lowest BCUT2D eigenvalue weighted by Crippen LogP contribution is -1.98. The summed E-state index contributed by atoms with van der Waals surface area (Å²) >= 11 is 0. The number of aliphatic hydroxyl groups is 1. The minimum absolute atomic E-state index is 0.233. The smallest absolute Gasteiger partial charge is 0.131 e. The first-order valence-electron chi connectivity index (χ1n) is 5.59. The van der Waals surface area contributed by atoms with Crippen LogP contribution >= 0.6 is 0 Å². The molecule has 2 aromatic carbocycles. The summed E-state index contributed by atoms with van der Waals surface area (Å²) in [6.45, 7) is 2.02. The third-order valence-electron chi connectivity index (χ3n) is 2.83. The zero-order valence-electron chi connectivity index (χ0n) is 9.28. The molecular weight excluding hydrogens is 203 g/mol. The van der Waals surface area contributed by atoms with E-state index in [2.05, 4.69) is 0 Å². The first-order valence-corrected chi connectivity index (χ1v) is 5.59. The fraction of sp³-hybridized carbons (Fsp3) is 0.286. The van der Waals surface area contributed by atoms with Crippen LogP contribution in [0.1, 0.15) is 31.4 Å². The molecule has 2 aromatic rings. The highest BCUT2D eigenvalue weighted by molar-refractivity contribution is 5.86. The number of benzene rings is 2. The van der Waals surface area contributed by atoms with Crippen LogP contribution in [0.15, 0.2) is 36.4 Å². The van der Waals surface area contributed by atoms with Crippen molar-refractivity contribution in [2.24, 2.45) is 0 Å². The molecule has 2 heteroatoms. The van der Waals surface area contributed by atoms with Crippen LogP contribution < -0.4 is 0 Å². The molecule has 0 saturated heterocycles. The van der Waals surface area contributed by atoms with Crippen molar-refractivity contribution < 1.29 is 9.50 Å². The Morgan fingerprint density at radius 1 is 1.12 bits per heavy atom. The van der Waals surface area contributed by atoms with E-state index in [4.69, 9.17) is 0 Å². The van der Waals surface area contributed by atoms with Gasteiger partial charge in [0.2, 0.25) is 0 Å². The average Bonchev–Trinajstić information content (AvgIpc) is 2.30. The summed E-state index contributed by atoms with van der Waals surface area (Å²) < 4.78 is 13.5. The zero-order chi connectivity index (χ0) is 11.5. The lowest BCUT2D eigenvalue weighted by atomic mass is 9.98. The highest BCUT2D eigenvalue weighted by Crippen LogP contribution is 2.28. The summed E-state index contributed by atoms with van der Waals surface area (Å²) in [5.41, 5.74) is 0.818. The molecule has 16 heavy (non-hydrogen) atoms. The second kappa shape index (κ2) is 4.62. The van der Waals surface area contributed by atoms with Gasteiger partial charge >= 0.3 is 0 Å². The maximum Gasteiger partial charge on any atom is 0.131 e. The van der Waals surface area contributed by atoms with Crippen LogP contribution in [0.2, 0.25) is 0 Å². The van der Waals surface area contributed by atoms with E-state index in [0.29, 0.717) is 11.8 Å². The minimum Gasteiger partial charge on any atom is -0.388 e. The Hall–Kier alpha value is -1.41. The van der Waals surface area contributed by atoms with Crippen LogP contribution in [0, 0.1) is 5.82 Å². The van der Waals surface area contributed by atoms with Crippen molar-refractivity contribution in [1.82, 2.24) is 0 Å².